The molecule has 0 radical (unpaired) electrons. The molecule has 0 saturated carbocycles. The Morgan fingerprint density at radius 2 is 1.74 bits per heavy atom. The van der Waals surface area contributed by atoms with Crippen LogP contribution in [0.15, 0.2) is 65.7 Å². The third kappa shape index (κ3) is 3.15. The van der Waals surface area contributed by atoms with Crippen molar-refractivity contribution in [1.82, 2.24) is 9.66 Å². The van der Waals surface area contributed by atoms with E-state index in [-0.39, 0.29) is 11.5 Å². The molecule has 0 unspecified atom stereocenters. The first-order chi connectivity index (χ1) is 13.0. The van der Waals surface area contributed by atoms with E-state index in [9.17, 15) is 9.59 Å². The van der Waals surface area contributed by atoms with Gasteiger partial charge in [0.05, 0.1) is 5.39 Å². The maximum atomic E-state index is 13.1. The van der Waals surface area contributed by atoms with Crippen molar-refractivity contribution < 1.29 is 4.79 Å². The summed E-state index contributed by atoms with van der Waals surface area (Å²) in [7, 11) is 0. The standard InChI is InChI=1S/C21H17N3O2S/c1-13-8-10-16(11-9-13)19(25)23-24-12-22-20-18(21(24)26)17(14(2)27-20)15-6-4-3-5-7-15/h3-12H,1-2H3,(H,23,25). The highest BCUT2D eigenvalue weighted by Gasteiger charge is 2.17. The first kappa shape index (κ1) is 17.2. The van der Waals surface area contributed by atoms with Gasteiger partial charge in [-0.1, -0.05) is 48.0 Å². The molecule has 4 rings (SSSR count). The van der Waals surface area contributed by atoms with Gasteiger partial charge < -0.3 is 0 Å². The summed E-state index contributed by atoms with van der Waals surface area (Å²) in [5.74, 6) is -0.355. The van der Waals surface area contributed by atoms with Crippen LogP contribution in [0, 0.1) is 13.8 Å². The summed E-state index contributed by atoms with van der Waals surface area (Å²) >= 11 is 1.48. The number of carbonyl (C=O) groups is 1. The molecule has 6 heteroatoms. The quantitative estimate of drug-likeness (QED) is 0.586. The lowest BCUT2D eigenvalue weighted by Gasteiger charge is -2.08. The summed E-state index contributed by atoms with van der Waals surface area (Å²) < 4.78 is 1.16. The van der Waals surface area contributed by atoms with E-state index in [0.717, 1.165) is 26.2 Å². The third-order valence-electron chi connectivity index (χ3n) is 4.39. The number of nitrogens with zero attached hydrogens (tertiary/aromatic N) is 2. The number of amides is 1. The number of rotatable bonds is 3. The highest BCUT2D eigenvalue weighted by atomic mass is 32.1. The molecule has 1 amide bonds. The topological polar surface area (TPSA) is 64.0 Å². The van der Waals surface area contributed by atoms with Crippen molar-refractivity contribution in [1.29, 1.82) is 0 Å². The molecule has 2 heterocycles. The van der Waals surface area contributed by atoms with Crippen LogP contribution >= 0.6 is 11.3 Å². The van der Waals surface area contributed by atoms with Gasteiger partial charge in [0.2, 0.25) is 0 Å². The molecule has 134 valence electrons. The molecule has 5 nitrogen and oxygen atoms in total. The monoisotopic (exact) mass is 375 g/mol. The second-order valence-corrected chi connectivity index (χ2v) is 7.51. The summed E-state index contributed by atoms with van der Waals surface area (Å²) in [5.41, 5.74) is 5.72. The largest absolute Gasteiger partial charge is 0.281 e. The number of nitrogens with one attached hydrogen (secondary N) is 1. The molecule has 27 heavy (non-hydrogen) atoms. The van der Waals surface area contributed by atoms with Crippen LogP contribution in [0.5, 0.6) is 0 Å². The van der Waals surface area contributed by atoms with Crippen LogP contribution in [0.25, 0.3) is 21.3 Å². The SMILES string of the molecule is Cc1ccc(C(=O)Nn2cnc3sc(C)c(-c4ccccc4)c3c2=O)cc1. The normalized spacial score (nSPS) is 10.9. The van der Waals surface area contributed by atoms with Crippen molar-refractivity contribution in [3.8, 4) is 11.1 Å². The summed E-state index contributed by atoms with van der Waals surface area (Å²) in [6, 6.07) is 16.9. The van der Waals surface area contributed by atoms with E-state index in [2.05, 4.69) is 10.4 Å². The van der Waals surface area contributed by atoms with Gasteiger partial charge in [-0.15, -0.1) is 11.3 Å². The average Bonchev–Trinajstić information content (AvgIpc) is 3.02. The molecular weight excluding hydrogens is 358 g/mol. The molecule has 2 aromatic heterocycles. The first-order valence-electron chi connectivity index (χ1n) is 8.49. The smallest absolute Gasteiger partial charge is 0.267 e. The van der Waals surface area contributed by atoms with Crippen LogP contribution in [0.4, 0.5) is 0 Å². The molecule has 0 saturated heterocycles. The Balaban J connectivity index is 1.79. The minimum atomic E-state index is -0.355. The lowest BCUT2D eigenvalue weighted by Crippen LogP contribution is -2.33. The van der Waals surface area contributed by atoms with Crippen LogP contribution in [0.2, 0.25) is 0 Å². The lowest BCUT2D eigenvalue weighted by molar-refractivity contribution is 0.101. The van der Waals surface area contributed by atoms with Crippen molar-refractivity contribution in [3.63, 3.8) is 0 Å². The van der Waals surface area contributed by atoms with Gasteiger partial charge in [0.15, 0.2) is 0 Å². The molecule has 0 aliphatic rings. The molecule has 0 aliphatic carbocycles. The zero-order valence-electron chi connectivity index (χ0n) is 14.9. The lowest BCUT2D eigenvalue weighted by atomic mass is 10.0. The molecule has 2 aromatic carbocycles. The highest BCUT2D eigenvalue weighted by molar-refractivity contribution is 7.19. The second-order valence-electron chi connectivity index (χ2n) is 6.31. The van der Waals surface area contributed by atoms with Gasteiger partial charge >= 0.3 is 0 Å². The average molecular weight is 375 g/mol. The van der Waals surface area contributed by atoms with Crippen LogP contribution in [-0.4, -0.2) is 15.6 Å². The number of carbonyl (C=O) groups excluding carboxylic acids is 1. The second kappa shape index (κ2) is 6.81. The van der Waals surface area contributed by atoms with E-state index >= 15 is 0 Å². The Bertz CT molecular complexity index is 1190. The van der Waals surface area contributed by atoms with Gasteiger partial charge in [0.25, 0.3) is 11.5 Å². The fourth-order valence-corrected chi connectivity index (χ4v) is 4.02. The van der Waals surface area contributed by atoms with E-state index in [1.807, 2.05) is 56.3 Å². The van der Waals surface area contributed by atoms with Gasteiger partial charge in [0, 0.05) is 16.0 Å². The van der Waals surface area contributed by atoms with E-state index in [0.29, 0.717) is 15.8 Å². The fraction of sp³-hybridized carbons (Fsp3) is 0.0952. The third-order valence-corrected chi connectivity index (χ3v) is 5.40. The Morgan fingerprint density at radius 1 is 1.04 bits per heavy atom. The molecule has 0 fully saturated rings. The molecular formula is C21H17N3O2S. The zero-order valence-corrected chi connectivity index (χ0v) is 15.7. The molecule has 0 aliphatic heterocycles. The number of aryl methyl sites for hydroxylation is 2. The zero-order chi connectivity index (χ0) is 19.0. The Labute approximate surface area is 159 Å². The van der Waals surface area contributed by atoms with Crippen LogP contribution in [0.1, 0.15) is 20.8 Å². The van der Waals surface area contributed by atoms with Crippen molar-refractivity contribution in [2.45, 2.75) is 13.8 Å². The molecule has 4 aromatic rings. The van der Waals surface area contributed by atoms with Gasteiger partial charge in [-0.25, -0.2) is 9.66 Å². The van der Waals surface area contributed by atoms with E-state index in [1.54, 1.807) is 12.1 Å². The van der Waals surface area contributed by atoms with Gasteiger partial charge in [0.1, 0.15) is 11.2 Å². The summed E-state index contributed by atoms with van der Waals surface area (Å²) in [5, 5.41) is 0.524. The van der Waals surface area contributed by atoms with Crippen molar-refractivity contribution in [3.05, 3.63) is 87.3 Å². The molecule has 1 N–H and O–H groups in total. The van der Waals surface area contributed by atoms with Gasteiger partial charge in [-0.3, -0.25) is 15.0 Å². The van der Waals surface area contributed by atoms with E-state index < -0.39 is 0 Å². The van der Waals surface area contributed by atoms with E-state index in [1.165, 1.54) is 17.7 Å². The summed E-state index contributed by atoms with van der Waals surface area (Å²) in [6.45, 7) is 3.93. The minimum Gasteiger partial charge on any atom is -0.267 e. The van der Waals surface area contributed by atoms with Gasteiger partial charge in [-0.2, -0.15) is 0 Å². The first-order valence-corrected chi connectivity index (χ1v) is 9.30. The predicted octanol–water partition coefficient (Wildman–Crippen LogP) is 4.13. The van der Waals surface area contributed by atoms with Crippen LogP contribution < -0.4 is 11.0 Å². The Hall–Kier alpha value is -3.25. The maximum absolute atomic E-state index is 13.1. The minimum absolute atomic E-state index is 0.288. The van der Waals surface area contributed by atoms with Crippen molar-refractivity contribution in [2.24, 2.45) is 0 Å². The predicted molar refractivity (Wildman–Crippen MR) is 109 cm³/mol. The van der Waals surface area contributed by atoms with Crippen LogP contribution in [-0.2, 0) is 0 Å². The number of hydrogen-bond acceptors (Lipinski definition) is 4. The molecule has 0 atom stereocenters. The molecule has 0 bridgehead atoms. The van der Waals surface area contributed by atoms with E-state index in [4.69, 9.17) is 0 Å². The number of aromatic nitrogens is 2. The number of thiophene rings is 1. The Morgan fingerprint density at radius 3 is 2.44 bits per heavy atom. The summed E-state index contributed by atoms with van der Waals surface area (Å²) in [4.78, 5) is 31.6. The van der Waals surface area contributed by atoms with Crippen LogP contribution in [0.3, 0.4) is 0 Å². The molecule has 0 spiro atoms. The number of benzene rings is 2. The highest BCUT2D eigenvalue weighted by Crippen LogP contribution is 2.35. The fourth-order valence-electron chi connectivity index (χ4n) is 3.01. The van der Waals surface area contributed by atoms with Crippen molar-refractivity contribution >= 4 is 27.5 Å². The maximum Gasteiger partial charge on any atom is 0.281 e. The Kier molecular flexibility index (Phi) is 4.33. The van der Waals surface area contributed by atoms with Crippen molar-refractivity contribution in [2.75, 3.05) is 5.43 Å². The summed E-state index contributed by atoms with van der Waals surface area (Å²) in [6.07, 6.45) is 1.36. The number of fused-ring (bicyclic) bond motifs is 1. The van der Waals surface area contributed by atoms with Gasteiger partial charge in [-0.05, 0) is 31.5 Å². The number of hydrogen-bond donors (Lipinski definition) is 1.